The summed E-state index contributed by atoms with van der Waals surface area (Å²) >= 11 is 5.82. The molecule has 0 saturated heterocycles. The molecule has 5 heteroatoms. The van der Waals surface area contributed by atoms with Gasteiger partial charge >= 0.3 is 0 Å². The zero-order valence-electron chi connectivity index (χ0n) is 13.1. The number of amides is 1. The predicted octanol–water partition coefficient (Wildman–Crippen LogP) is 3.88. The third kappa shape index (κ3) is 4.74. The summed E-state index contributed by atoms with van der Waals surface area (Å²) in [5, 5.41) is 2.22. The Morgan fingerprint density at radius 3 is 2.43 bits per heavy atom. The Morgan fingerprint density at radius 2 is 1.95 bits per heavy atom. The van der Waals surface area contributed by atoms with Crippen molar-refractivity contribution >= 4 is 29.0 Å². The number of carbonyl (C=O) groups excluding carboxylic acids is 2. The Labute approximate surface area is 130 Å². The van der Waals surface area contributed by atoms with Crippen molar-refractivity contribution in [1.29, 1.82) is 0 Å². The Morgan fingerprint density at radius 1 is 1.33 bits per heavy atom. The second-order valence-electron chi connectivity index (χ2n) is 5.83. The second kappa shape index (κ2) is 6.94. The van der Waals surface area contributed by atoms with E-state index in [9.17, 15) is 9.59 Å². The Kier molecular flexibility index (Phi) is 5.78. The van der Waals surface area contributed by atoms with Crippen LogP contribution in [0, 0.1) is 5.41 Å². The number of Topliss-reactive ketones (excluding diaryl/α,β-unsaturated/α-hetero) is 1. The van der Waals surface area contributed by atoms with Gasteiger partial charge in [0.1, 0.15) is 5.75 Å². The number of alkyl halides is 1. The molecule has 1 N–H and O–H groups in total. The van der Waals surface area contributed by atoms with E-state index in [1.165, 1.54) is 0 Å². The fourth-order valence-electron chi connectivity index (χ4n) is 1.59. The van der Waals surface area contributed by atoms with Crippen LogP contribution in [0.5, 0.6) is 5.75 Å². The number of carbonyl (C=O) groups is 2. The fraction of sp³-hybridized carbons (Fsp3) is 0.500. The molecule has 0 saturated carbocycles. The number of halogens is 1. The van der Waals surface area contributed by atoms with Crippen molar-refractivity contribution in [2.75, 3.05) is 11.9 Å². The van der Waals surface area contributed by atoms with Crippen LogP contribution in [-0.2, 0) is 4.79 Å². The van der Waals surface area contributed by atoms with E-state index in [1.807, 2.05) is 27.7 Å². The molecule has 1 aromatic carbocycles. The van der Waals surface area contributed by atoms with Crippen molar-refractivity contribution in [1.82, 2.24) is 0 Å². The van der Waals surface area contributed by atoms with Crippen molar-refractivity contribution < 1.29 is 14.3 Å². The third-order valence-corrected chi connectivity index (χ3v) is 3.05. The van der Waals surface area contributed by atoms with E-state index in [-0.39, 0.29) is 11.7 Å². The first-order valence-corrected chi connectivity index (χ1v) is 7.37. The first-order valence-electron chi connectivity index (χ1n) is 6.93. The summed E-state index contributed by atoms with van der Waals surface area (Å²) in [4.78, 5) is 24.0. The van der Waals surface area contributed by atoms with E-state index >= 15 is 0 Å². The number of hydrogen-bond acceptors (Lipinski definition) is 3. The molecule has 1 atom stereocenters. The Hall–Kier alpha value is -1.55. The lowest BCUT2D eigenvalue weighted by Crippen LogP contribution is -2.27. The van der Waals surface area contributed by atoms with Gasteiger partial charge < -0.3 is 10.1 Å². The summed E-state index contributed by atoms with van der Waals surface area (Å²) in [6.45, 7) is 9.39. The molecule has 0 bridgehead atoms. The molecule has 0 heterocycles. The first-order chi connectivity index (χ1) is 9.66. The van der Waals surface area contributed by atoms with Gasteiger partial charge in [-0.1, -0.05) is 20.8 Å². The van der Waals surface area contributed by atoms with Crippen LogP contribution >= 0.6 is 11.6 Å². The number of hydrogen-bond donors (Lipinski definition) is 1. The van der Waals surface area contributed by atoms with Gasteiger partial charge in [0.05, 0.1) is 17.7 Å². The van der Waals surface area contributed by atoms with Crippen LogP contribution in [0.3, 0.4) is 0 Å². The molecule has 1 unspecified atom stereocenters. The molecule has 0 spiro atoms. The average molecular weight is 312 g/mol. The van der Waals surface area contributed by atoms with Gasteiger partial charge in [-0.15, -0.1) is 11.6 Å². The summed E-state index contributed by atoms with van der Waals surface area (Å²) < 4.78 is 5.51. The van der Waals surface area contributed by atoms with E-state index in [2.05, 4.69) is 5.32 Å². The van der Waals surface area contributed by atoms with Crippen LogP contribution in [0.4, 0.5) is 5.69 Å². The zero-order chi connectivity index (χ0) is 16.2. The highest BCUT2D eigenvalue weighted by Crippen LogP contribution is 2.29. The fourth-order valence-corrected chi connectivity index (χ4v) is 1.72. The molecule has 1 amide bonds. The Bertz CT molecular complexity index is 533. The maximum absolute atomic E-state index is 12.1. The molecule has 4 nitrogen and oxygen atoms in total. The number of ketones is 1. The summed E-state index contributed by atoms with van der Waals surface area (Å²) in [5.41, 5.74) is 0.507. The number of anilines is 1. The number of ether oxygens (including phenoxy) is 1. The Balaban J connectivity index is 3.10. The van der Waals surface area contributed by atoms with Gasteiger partial charge in [0.15, 0.2) is 5.78 Å². The van der Waals surface area contributed by atoms with Crippen LogP contribution in [-0.4, -0.2) is 23.7 Å². The van der Waals surface area contributed by atoms with Crippen LogP contribution in [0.1, 0.15) is 45.0 Å². The lowest BCUT2D eigenvalue weighted by Gasteiger charge is -2.19. The summed E-state index contributed by atoms with van der Waals surface area (Å²) in [6.07, 6.45) is 0. The summed E-state index contributed by atoms with van der Waals surface area (Å²) in [6, 6.07) is 4.92. The minimum absolute atomic E-state index is 0.117. The number of benzene rings is 1. The van der Waals surface area contributed by atoms with Crippen LogP contribution in [0.15, 0.2) is 18.2 Å². The van der Waals surface area contributed by atoms with Crippen LogP contribution < -0.4 is 10.1 Å². The molecular weight excluding hydrogens is 290 g/mol. The monoisotopic (exact) mass is 311 g/mol. The molecule has 1 rings (SSSR count). The van der Waals surface area contributed by atoms with Gasteiger partial charge in [0.2, 0.25) is 5.91 Å². The highest BCUT2D eigenvalue weighted by molar-refractivity contribution is 6.33. The maximum atomic E-state index is 12.1. The van der Waals surface area contributed by atoms with Crippen molar-refractivity contribution in [2.24, 2.45) is 5.41 Å². The van der Waals surface area contributed by atoms with E-state index in [0.717, 1.165) is 0 Å². The minimum Gasteiger partial charge on any atom is -0.492 e. The number of rotatable bonds is 5. The van der Waals surface area contributed by atoms with Crippen LogP contribution in [0.25, 0.3) is 0 Å². The summed E-state index contributed by atoms with van der Waals surface area (Å²) in [7, 11) is 0. The molecular formula is C16H22ClNO3. The molecule has 0 aliphatic rings. The number of nitrogens with one attached hydrogen (secondary N) is 1. The van der Waals surface area contributed by atoms with Crippen molar-refractivity contribution in [2.45, 2.75) is 40.0 Å². The maximum Gasteiger partial charge on any atom is 0.229 e. The van der Waals surface area contributed by atoms with E-state index in [4.69, 9.17) is 16.3 Å². The predicted molar refractivity (Wildman–Crippen MR) is 85.3 cm³/mol. The molecule has 0 aliphatic heterocycles. The van der Waals surface area contributed by atoms with Crippen molar-refractivity contribution in [3.8, 4) is 5.75 Å². The smallest absolute Gasteiger partial charge is 0.229 e. The molecule has 0 aliphatic carbocycles. The quantitative estimate of drug-likeness (QED) is 0.663. The molecule has 0 fully saturated rings. The van der Waals surface area contributed by atoms with Gasteiger partial charge in [-0.2, -0.15) is 0 Å². The van der Waals surface area contributed by atoms with Crippen molar-refractivity contribution in [3.63, 3.8) is 0 Å². The van der Waals surface area contributed by atoms with E-state index in [1.54, 1.807) is 25.1 Å². The third-order valence-electron chi connectivity index (χ3n) is 2.86. The standard InChI is InChI=1S/C16H22ClNO3/c1-6-21-13-9-11(14(19)10(2)17)7-8-12(13)18-15(20)16(3,4)5/h7-10H,6H2,1-5H3,(H,18,20). The van der Waals surface area contributed by atoms with Gasteiger partial charge in [0.25, 0.3) is 0 Å². The van der Waals surface area contributed by atoms with Gasteiger partial charge in [-0.05, 0) is 32.0 Å². The lowest BCUT2D eigenvalue weighted by atomic mass is 9.95. The van der Waals surface area contributed by atoms with Crippen molar-refractivity contribution in [3.05, 3.63) is 23.8 Å². The lowest BCUT2D eigenvalue weighted by molar-refractivity contribution is -0.123. The highest BCUT2D eigenvalue weighted by atomic mass is 35.5. The molecule has 0 radical (unpaired) electrons. The zero-order valence-corrected chi connectivity index (χ0v) is 13.9. The molecule has 21 heavy (non-hydrogen) atoms. The van der Waals surface area contributed by atoms with Crippen LogP contribution in [0.2, 0.25) is 0 Å². The molecule has 1 aromatic rings. The van der Waals surface area contributed by atoms with Gasteiger partial charge in [-0.3, -0.25) is 9.59 Å². The SMILES string of the molecule is CCOc1cc(C(=O)C(C)Cl)ccc1NC(=O)C(C)(C)C. The van der Waals surface area contributed by atoms with Gasteiger partial charge in [0, 0.05) is 11.0 Å². The summed E-state index contributed by atoms with van der Waals surface area (Å²) in [5.74, 6) is 0.179. The van der Waals surface area contributed by atoms with Gasteiger partial charge in [-0.25, -0.2) is 0 Å². The largest absolute Gasteiger partial charge is 0.492 e. The topological polar surface area (TPSA) is 55.4 Å². The highest BCUT2D eigenvalue weighted by Gasteiger charge is 2.23. The first kappa shape index (κ1) is 17.5. The second-order valence-corrected chi connectivity index (χ2v) is 6.48. The average Bonchev–Trinajstić information content (AvgIpc) is 2.38. The van der Waals surface area contributed by atoms with E-state index in [0.29, 0.717) is 23.6 Å². The minimum atomic E-state index is -0.602. The van der Waals surface area contributed by atoms with E-state index < -0.39 is 10.8 Å². The molecule has 116 valence electrons. The molecule has 0 aromatic heterocycles. The normalized spacial score (nSPS) is 12.7.